The number of fused-ring (bicyclic) bond motifs is 5. The van der Waals surface area contributed by atoms with Gasteiger partial charge in [0.2, 0.25) is 11.8 Å². The average molecular weight is 870 g/mol. The molecule has 0 radical (unpaired) electrons. The van der Waals surface area contributed by atoms with Gasteiger partial charge in [0.15, 0.2) is 5.72 Å². The zero-order valence-electron chi connectivity index (χ0n) is 35.6. The van der Waals surface area contributed by atoms with E-state index in [1.54, 1.807) is 67.0 Å². The summed E-state index contributed by atoms with van der Waals surface area (Å²) < 4.78 is 23.3. The molecule has 0 aliphatic carbocycles. The number of anilines is 2. The van der Waals surface area contributed by atoms with E-state index in [2.05, 4.69) is 17.6 Å². The Morgan fingerprint density at radius 2 is 1.75 bits per heavy atom. The predicted octanol–water partition coefficient (Wildman–Crippen LogP) is 6.87. The summed E-state index contributed by atoms with van der Waals surface area (Å²) in [6.45, 7) is 9.56. The van der Waals surface area contributed by atoms with Crippen molar-refractivity contribution < 1.29 is 53.4 Å². The lowest BCUT2D eigenvalue weighted by Gasteiger charge is -2.42. The Kier molecular flexibility index (Phi) is 15.8. The topological polar surface area (TPSA) is 196 Å². The number of allylic oxidation sites excluding steroid dienone is 3. The number of nitrogens with zero attached hydrogens (tertiary/aromatic N) is 1. The second-order valence-corrected chi connectivity index (χ2v) is 19.4. The van der Waals surface area contributed by atoms with E-state index in [4.69, 9.17) is 24.1 Å². The molecule has 14 nitrogen and oxygen atoms in total. The number of hydrogen-bond donors (Lipinski definition) is 5. The van der Waals surface area contributed by atoms with Gasteiger partial charge in [0.05, 0.1) is 31.4 Å². The minimum absolute atomic E-state index is 0.00189. The van der Waals surface area contributed by atoms with E-state index in [9.17, 15) is 29.4 Å². The Hall–Kier alpha value is -4.06. The maximum Gasteiger partial charge on any atom is 0.409 e. The highest BCUT2D eigenvalue weighted by atomic mass is 33.1. The number of carbonyl (C=O) groups excluding carboxylic acids is 3. The van der Waals surface area contributed by atoms with Crippen molar-refractivity contribution in [2.24, 2.45) is 5.92 Å². The quantitative estimate of drug-likeness (QED) is 0.103. The molecule has 16 heteroatoms. The van der Waals surface area contributed by atoms with Crippen molar-refractivity contribution in [3.63, 3.8) is 0 Å². The van der Waals surface area contributed by atoms with Gasteiger partial charge in [-0.25, -0.2) is 4.79 Å². The summed E-state index contributed by atoms with van der Waals surface area (Å²) in [5.74, 6) is -1.21. The third kappa shape index (κ3) is 11.6. The molecule has 0 aromatic heterocycles. The molecular formula is C44H59N3O11S2. The molecular weight excluding hydrogens is 811 g/mol. The minimum Gasteiger partial charge on any atom is -0.496 e. The van der Waals surface area contributed by atoms with E-state index in [1.807, 2.05) is 51.1 Å². The first-order chi connectivity index (χ1) is 28.4. The first-order valence-electron chi connectivity index (χ1n) is 20.2. The number of alkyl carbamates (subject to hydrolysis) is 1. The third-order valence-corrected chi connectivity index (χ3v) is 15.0. The Balaban J connectivity index is 1.39. The zero-order chi connectivity index (χ0) is 43.9. The number of hydrogen-bond acceptors (Lipinski definition) is 12. The van der Waals surface area contributed by atoms with Crippen LogP contribution in [-0.2, 0) is 35.0 Å². The lowest BCUT2D eigenvalue weighted by atomic mass is 9.84. The van der Waals surface area contributed by atoms with Crippen LogP contribution in [0.5, 0.6) is 5.75 Å². The van der Waals surface area contributed by atoms with Gasteiger partial charge in [-0.3, -0.25) is 19.7 Å². The molecule has 5 rings (SSSR count). The number of ether oxygens (including phenoxy) is 4. The predicted molar refractivity (Wildman–Crippen MR) is 234 cm³/mol. The van der Waals surface area contributed by atoms with Crippen LogP contribution in [0.3, 0.4) is 0 Å². The molecule has 5 N–H and O–H groups in total. The summed E-state index contributed by atoms with van der Waals surface area (Å²) in [6, 6.07) is 11.2. The van der Waals surface area contributed by atoms with E-state index < -0.39 is 53.7 Å². The minimum atomic E-state index is -1.78. The van der Waals surface area contributed by atoms with Gasteiger partial charge in [-0.1, -0.05) is 78.3 Å². The Bertz CT molecular complexity index is 1940. The van der Waals surface area contributed by atoms with Crippen LogP contribution >= 0.6 is 21.6 Å². The number of nitrogens with one attached hydrogen (secondary N) is 2. The maximum absolute atomic E-state index is 14.1. The highest BCUT2D eigenvalue weighted by Crippen LogP contribution is 2.48. The summed E-state index contributed by atoms with van der Waals surface area (Å²) in [4.78, 5) is 52.1. The number of carbonyl (C=O) groups is 4. The zero-order valence-corrected chi connectivity index (χ0v) is 37.2. The number of carboxylic acids is 1. The largest absolute Gasteiger partial charge is 0.496 e. The van der Waals surface area contributed by atoms with E-state index >= 15 is 0 Å². The molecule has 4 bridgehead atoms. The maximum atomic E-state index is 14.1. The van der Waals surface area contributed by atoms with Gasteiger partial charge in [-0.2, -0.15) is 0 Å². The Morgan fingerprint density at radius 1 is 1.08 bits per heavy atom. The second-order valence-electron chi connectivity index (χ2n) is 16.3. The molecule has 3 heterocycles. The van der Waals surface area contributed by atoms with E-state index in [1.165, 1.54) is 12.0 Å². The lowest BCUT2D eigenvalue weighted by molar-refractivity contribution is -0.142. The van der Waals surface area contributed by atoms with Crippen molar-refractivity contribution in [3.8, 4) is 16.9 Å². The molecule has 9 atom stereocenters. The molecule has 3 aliphatic heterocycles. The van der Waals surface area contributed by atoms with Gasteiger partial charge in [0.1, 0.15) is 23.6 Å². The third-order valence-electron chi connectivity index (χ3n) is 11.4. The fraction of sp³-hybridized carbons (Fsp3) is 0.545. The number of amides is 3. The summed E-state index contributed by atoms with van der Waals surface area (Å²) in [7, 11) is 7.98. The Morgan fingerprint density at radius 3 is 2.38 bits per heavy atom. The highest BCUT2D eigenvalue weighted by molar-refractivity contribution is 8.77. The van der Waals surface area contributed by atoms with Crippen LogP contribution in [0.2, 0.25) is 0 Å². The average Bonchev–Trinajstić information content (AvgIpc) is 3.91. The fourth-order valence-corrected chi connectivity index (χ4v) is 10.2. The molecule has 0 saturated carbocycles. The number of methoxy groups -OCH3 is 2. The van der Waals surface area contributed by atoms with Crippen molar-refractivity contribution in [2.45, 2.75) is 126 Å². The van der Waals surface area contributed by atoms with Crippen molar-refractivity contribution in [1.82, 2.24) is 5.32 Å². The molecule has 0 spiro atoms. The number of aliphatic carboxylic acids is 1. The van der Waals surface area contributed by atoms with Gasteiger partial charge in [-0.05, 0) is 68.5 Å². The first-order valence-corrected chi connectivity index (χ1v) is 22.5. The summed E-state index contributed by atoms with van der Waals surface area (Å²) in [6.07, 6.45) is 3.00. The van der Waals surface area contributed by atoms with Crippen molar-refractivity contribution in [3.05, 3.63) is 65.8 Å². The lowest BCUT2D eigenvalue weighted by Crippen LogP contribution is -2.63. The van der Waals surface area contributed by atoms with Crippen LogP contribution in [0.25, 0.3) is 11.1 Å². The number of epoxide rings is 1. The Labute approximate surface area is 360 Å². The van der Waals surface area contributed by atoms with Gasteiger partial charge in [0.25, 0.3) is 0 Å². The number of aliphatic hydroxyl groups excluding tert-OH is 1. The van der Waals surface area contributed by atoms with Gasteiger partial charge in [0, 0.05) is 61.1 Å². The van der Waals surface area contributed by atoms with E-state index in [0.29, 0.717) is 48.4 Å². The summed E-state index contributed by atoms with van der Waals surface area (Å²) in [5.41, 5.74) is 1.46. The molecule has 3 aliphatic rings. The van der Waals surface area contributed by atoms with Gasteiger partial charge < -0.3 is 44.5 Å². The molecule has 2 unspecified atom stereocenters. The van der Waals surface area contributed by atoms with Crippen molar-refractivity contribution in [2.75, 3.05) is 31.5 Å². The molecule has 2 aromatic carbocycles. The second kappa shape index (κ2) is 20.2. The fourth-order valence-electron chi connectivity index (χ4n) is 7.69. The van der Waals surface area contributed by atoms with Crippen LogP contribution in [0.15, 0.2) is 60.2 Å². The van der Waals surface area contributed by atoms with Crippen LogP contribution in [0.4, 0.5) is 16.2 Å². The van der Waals surface area contributed by atoms with E-state index in [-0.39, 0.29) is 41.6 Å². The van der Waals surface area contributed by atoms with Gasteiger partial charge in [-0.15, -0.1) is 0 Å². The molecule has 3 amide bonds. The van der Waals surface area contributed by atoms with Crippen LogP contribution in [0.1, 0.15) is 78.7 Å². The molecule has 60 heavy (non-hydrogen) atoms. The molecule has 2 saturated heterocycles. The normalized spacial score (nSPS) is 29.5. The number of rotatable bonds is 13. The highest BCUT2D eigenvalue weighted by Gasteiger charge is 2.62. The van der Waals surface area contributed by atoms with Crippen LogP contribution in [-0.4, -0.2) is 107 Å². The number of aliphatic hydroxyl groups is 2. The monoisotopic (exact) mass is 869 g/mol. The number of carboxylic acid groups (broad SMARTS) is 1. The molecule has 328 valence electrons. The van der Waals surface area contributed by atoms with Crippen molar-refractivity contribution in [1.29, 1.82) is 0 Å². The van der Waals surface area contributed by atoms with Crippen LogP contribution < -0.4 is 20.3 Å². The van der Waals surface area contributed by atoms with E-state index in [0.717, 1.165) is 16.7 Å². The molecule has 2 aromatic rings. The first kappa shape index (κ1) is 47.0. The summed E-state index contributed by atoms with van der Waals surface area (Å²) in [5, 5.41) is 38.0. The smallest absolute Gasteiger partial charge is 0.409 e. The number of benzene rings is 2. The van der Waals surface area contributed by atoms with Crippen LogP contribution in [0, 0.1) is 5.92 Å². The molecule has 2 fully saturated rings. The van der Waals surface area contributed by atoms with Gasteiger partial charge >= 0.3 is 12.1 Å². The SMILES string of the molecule is COc1cc2cc(c1-c1ccc(NC(=O)CCC(C)SSC(C)CCC(=O)O)cc1)N(C)C(=O)C[C@H](O)[C@]1(C)O[C@H]1[C@H](C)[C@@H]1C[C@@](O)(NC(=O)O1)[C@H](OC)/C=C/C=C(\C)C2. The van der Waals surface area contributed by atoms with Crippen molar-refractivity contribution >= 4 is 56.8 Å². The summed E-state index contributed by atoms with van der Waals surface area (Å²) >= 11 is 0. The standard InChI is InChI=1S/C44H59N3O11S2/c1-25-10-9-11-36(56-8)44(54)24-34(57-42(53)46-44)28(4)41-43(5,58-41)35(48)23-38(50)47(6)32-21-29(20-25)22-33(55-7)40(32)30-14-16-31(17-15-30)45-37(49)18-12-26(2)59-60-27(3)13-19-39(51)52/h9-11,14-17,21-22,26-28,34-36,41,48,54H,12-13,18-20,23-24H2,1-8H3,(H,45,49)(H,46,53)(H,51,52)/b11-9+,25-10+/t26?,27?,28-,34+,35+,36-,41+,43+,44+/m1/s1.